The van der Waals surface area contributed by atoms with Gasteiger partial charge in [0, 0.05) is 24.4 Å². The molecule has 128 valence electrons. The molecule has 1 aromatic heterocycles. The Balaban J connectivity index is 1.53. The molecule has 1 aliphatic rings. The van der Waals surface area contributed by atoms with Gasteiger partial charge in [-0.25, -0.2) is 8.42 Å². The van der Waals surface area contributed by atoms with Gasteiger partial charge in [0.25, 0.3) is 0 Å². The molecule has 3 rings (SSSR count). The number of aryl methyl sites for hydroxylation is 2. The summed E-state index contributed by atoms with van der Waals surface area (Å²) in [6.07, 6.45) is 0.988. The second-order valence-corrected chi connectivity index (χ2v) is 8.27. The normalized spacial score (nSPS) is 19.3. The van der Waals surface area contributed by atoms with Crippen LogP contribution < -0.4 is 5.32 Å². The predicted molar refractivity (Wildman–Crippen MR) is 88.0 cm³/mol. The summed E-state index contributed by atoms with van der Waals surface area (Å²) in [5.74, 6) is 0.780. The van der Waals surface area contributed by atoms with Crippen molar-refractivity contribution in [3.63, 3.8) is 0 Å². The Morgan fingerprint density at radius 1 is 1.38 bits per heavy atom. The van der Waals surface area contributed by atoms with Crippen LogP contribution in [0.5, 0.6) is 0 Å². The summed E-state index contributed by atoms with van der Waals surface area (Å²) in [6, 6.07) is 7.45. The van der Waals surface area contributed by atoms with Crippen LogP contribution in [-0.4, -0.2) is 42.1 Å². The lowest BCUT2D eigenvalue weighted by molar-refractivity contribution is -0.121. The Morgan fingerprint density at radius 3 is 2.92 bits per heavy atom. The first-order valence-electron chi connectivity index (χ1n) is 7.80. The predicted octanol–water partition coefficient (Wildman–Crippen LogP) is 1.28. The highest BCUT2D eigenvalue weighted by molar-refractivity contribution is 7.91. The molecular formula is C16H19N3O4S. The van der Waals surface area contributed by atoms with Gasteiger partial charge in [-0.05, 0) is 25.5 Å². The van der Waals surface area contributed by atoms with E-state index in [0.717, 1.165) is 11.1 Å². The van der Waals surface area contributed by atoms with Crippen LogP contribution in [0.2, 0.25) is 0 Å². The first-order valence-corrected chi connectivity index (χ1v) is 9.63. The van der Waals surface area contributed by atoms with E-state index in [1.54, 1.807) is 0 Å². The summed E-state index contributed by atoms with van der Waals surface area (Å²) in [6.45, 7) is 1.98. The molecule has 7 nitrogen and oxygen atoms in total. The lowest BCUT2D eigenvalue weighted by atomic mass is 10.1. The molecule has 1 N–H and O–H groups in total. The molecular weight excluding hydrogens is 330 g/mol. The molecule has 1 atom stereocenters. The fourth-order valence-electron chi connectivity index (χ4n) is 2.68. The van der Waals surface area contributed by atoms with Crippen LogP contribution in [-0.2, 0) is 21.1 Å². The minimum absolute atomic E-state index is 0.0246. The van der Waals surface area contributed by atoms with E-state index < -0.39 is 9.84 Å². The van der Waals surface area contributed by atoms with Gasteiger partial charge in [0.2, 0.25) is 17.7 Å². The van der Waals surface area contributed by atoms with Crippen LogP contribution in [0, 0.1) is 6.92 Å². The topological polar surface area (TPSA) is 102 Å². The van der Waals surface area contributed by atoms with E-state index in [2.05, 4.69) is 15.5 Å². The minimum Gasteiger partial charge on any atom is -0.421 e. The average molecular weight is 349 g/mol. The lowest BCUT2D eigenvalue weighted by Gasteiger charge is -2.09. The molecule has 0 saturated carbocycles. The van der Waals surface area contributed by atoms with Gasteiger partial charge >= 0.3 is 0 Å². The van der Waals surface area contributed by atoms with E-state index in [9.17, 15) is 13.2 Å². The molecule has 0 bridgehead atoms. The molecule has 1 fully saturated rings. The molecule has 24 heavy (non-hydrogen) atoms. The summed E-state index contributed by atoms with van der Waals surface area (Å²) >= 11 is 0. The molecule has 0 spiro atoms. The van der Waals surface area contributed by atoms with Crippen molar-refractivity contribution in [3.05, 3.63) is 35.7 Å². The van der Waals surface area contributed by atoms with E-state index in [1.807, 2.05) is 31.2 Å². The molecule has 1 saturated heterocycles. The summed E-state index contributed by atoms with van der Waals surface area (Å²) in [4.78, 5) is 11.9. The Hall–Kier alpha value is -2.22. The number of nitrogens with one attached hydrogen (secondary N) is 1. The fraction of sp³-hybridized carbons (Fsp3) is 0.438. The number of aromatic nitrogens is 2. The monoisotopic (exact) mass is 349 g/mol. The molecule has 8 heteroatoms. The Morgan fingerprint density at radius 2 is 2.21 bits per heavy atom. The molecule has 2 heterocycles. The number of amides is 1. The summed E-state index contributed by atoms with van der Waals surface area (Å²) in [5, 5.41) is 10.7. The Labute approximate surface area is 140 Å². The van der Waals surface area contributed by atoms with E-state index in [4.69, 9.17) is 4.42 Å². The number of hydrogen-bond acceptors (Lipinski definition) is 6. The van der Waals surface area contributed by atoms with E-state index in [-0.39, 0.29) is 29.9 Å². The average Bonchev–Trinajstić information content (AvgIpc) is 3.12. The highest BCUT2D eigenvalue weighted by Crippen LogP contribution is 2.19. The molecule has 1 amide bonds. The zero-order valence-electron chi connectivity index (χ0n) is 13.4. The van der Waals surface area contributed by atoms with Gasteiger partial charge in [-0.2, -0.15) is 0 Å². The first kappa shape index (κ1) is 16.6. The van der Waals surface area contributed by atoms with Gasteiger partial charge in [-0.15, -0.1) is 10.2 Å². The van der Waals surface area contributed by atoms with Crippen LogP contribution in [0.1, 0.15) is 24.3 Å². The largest absolute Gasteiger partial charge is 0.421 e. The van der Waals surface area contributed by atoms with Crippen LogP contribution in [0.3, 0.4) is 0 Å². The summed E-state index contributed by atoms with van der Waals surface area (Å²) in [5.41, 5.74) is 1.94. The number of benzene rings is 1. The van der Waals surface area contributed by atoms with Gasteiger partial charge in [0.15, 0.2) is 9.84 Å². The van der Waals surface area contributed by atoms with Gasteiger partial charge in [-0.3, -0.25) is 4.79 Å². The quantitative estimate of drug-likeness (QED) is 0.872. The summed E-state index contributed by atoms with van der Waals surface area (Å²) in [7, 11) is -2.99. The van der Waals surface area contributed by atoms with Crippen molar-refractivity contribution in [2.45, 2.75) is 32.2 Å². The highest BCUT2D eigenvalue weighted by Gasteiger charge is 2.28. The number of carbonyl (C=O) groups is 1. The van der Waals surface area contributed by atoms with E-state index in [0.29, 0.717) is 24.6 Å². The van der Waals surface area contributed by atoms with E-state index >= 15 is 0 Å². The van der Waals surface area contributed by atoms with Crippen molar-refractivity contribution in [2.24, 2.45) is 0 Å². The standard InChI is InChI=1S/C16H19N3O4S/c1-11-3-2-4-12(9-11)16-19-18-15(23-16)6-5-14(20)17-13-7-8-24(21,22)10-13/h2-4,9,13H,5-8,10H2,1H3,(H,17,20). The summed E-state index contributed by atoms with van der Waals surface area (Å²) < 4.78 is 28.3. The maximum absolute atomic E-state index is 11.9. The third-order valence-corrected chi connectivity index (χ3v) is 5.66. The maximum Gasteiger partial charge on any atom is 0.247 e. The van der Waals surface area contributed by atoms with Crippen LogP contribution in [0.4, 0.5) is 0 Å². The maximum atomic E-state index is 11.9. The second kappa shape index (κ2) is 6.72. The van der Waals surface area contributed by atoms with Gasteiger partial charge in [-0.1, -0.05) is 17.7 Å². The van der Waals surface area contributed by atoms with Gasteiger partial charge in [0.1, 0.15) is 0 Å². The van der Waals surface area contributed by atoms with Crippen molar-refractivity contribution < 1.29 is 17.6 Å². The van der Waals surface area contributed by atoms with Crippen LogP contribution in [0.25, 0.3) is 11.5 Å². The molecule has 1 unspecified atom stereocenters. The van der Waals surface area contributed by atoms with Crippen LogP contribution in [0.15, 0.2) is 28.7 Å². The first-order chi connectivity index (χ1) is 11.4. The number of sulfone groups is 1. The van der Waals surface area contributed by atoms with Gasteiger partial charge in [0.05, 0.1) is 11.5 Å². The van der Waals surface area contributed by atoms with Gasteiger partial charge < -0.3 is 9.73 Å². The SMILES string of the molecule is Cc1cccc(-c2nnc(CCC(=O)NC3CCS(=O)(=O)C3)o2)c1. The number of nitrogens with zero attached hydrogens (tertiary/aromatic N) is 2. The fourth-order valence-corrected chi connectivity index (χ4v) is 4.35. The Bertz CT molecular complexity index is 845. The van der Waals surface area contributed by atoms with Crippen LogP contribution >= 0.6 is 0 Å². The highest BCUT2D eigenvalue weighted by atomic mass is 32.2. The smallest absolute Gasteiger partial charge is 0.247 e. The van der Waals surface area contributed by atoms with E-state index in [1.165, 1.54) is 0 Å². The third-order valence-electron chi connectivity index (χ3n) is 3.90. The third kappa shape index (κ3) is 4.19. The van der Waals surface area contributed by atoms with Crippen molar-refractivity contribution in [1.29, 1.82) is 0 Å². The molecule has 2 aromatic rings. The minimum atomic E-state index is -2.99. The number of carbonyl (C=O) groups excluding carboxylic acids is 1. The zero-order valence-corrected chi connectivity index (χ0v) is 14.2. The van der Waals surface area contributed by atoms with Crippen molar-refractivity contribution in [1.82, 2.24) is 15.5 Å². The molecule has 1 aromatic carbocycles. The molecule has 1 aliphatic heterocycles. The molecule has 0 radical (unpaired) electrons. The second-order valence-electron chi connectivity index (χ2n) is 6.04. The Kier molecular flexibility index (Phi) is 4.66. The van der Waals surface area contributed by atoms with Crippen molar-refractivity contribution in [3.8, 4) is 11.5 Å². The number of rotatable bonds is 5. The zero-order chi connectivity index (χ0) is 17.2. The van der Waals surface area contributed by atoms with Crippen molar-refractivity contribution >= 4 is 15.7 Å². The molecule has 0 aliphatic carbocycles. The number of hydrogen-bond donors (Lipinski definition) is 1. The lowest BCUT2D eigenvalue weighted by Crippen LogP contribution is -2.35. The van der Waals surface area contributed by atoms with Crippen molar-refractivity contribution in [2.75, 3.05) is 11.5 Å².